The second kappa shape index (κ2) is 11.5. The van der Waals surface area contributed by atoms with Gasteiger partial charge in [-0.3, -0.25) is 25.8 Å². The maximum Gasteiger partial charge on any atom is 0.273 e. The topological polar surface area (TPSA) is 88.7 Å². The van der Waals surface area contributed by atoms with Crippen molar-refractivity contribution in [3.63, 3.8) is 0 Å². The normalized spacial score (nSPS) is 9.83. The number of carbonyl (C=O) groups is 2. The SMILES string of the molecule is C=CCOc1ccccc1C(=O)NNC(=S)NC(=O)c1ccc(OCCC)cc1. The standard InChI is InChI=1S/C21H23N3O4S/c1-3-13-27-16-11-9-15(10-12-16)19(25)22-21(29)24-23-20(26)17-7-5-6-8-18(17)28-14-4-2/h4-12H,2-3,13-14H2,1H3,(H,23,26)(H2,22,24,25,29). The van der Waals surface area contributed by atoms with Gasteiger partial charge < -0.3 is 9.47 Å². The third-order valence-corrected chi connectivity index (χ3v) is 3.80. The largest absolute Gasteiger partial charge is 0.494 e. The second-order valence-electron chi connectivity index (χ2n) is 5.83. The lowest BCUT2D eigenvalue weighted by atomic mass is 10.2. The Balaban J connectivity index is 1.87. The molecule has 0 bridgehead atoms. The molecule has 0 saturated carbocycles. The number of rotatable bonds is 8. The molecule has 3 N–H and O–H groups in total. The van der Waals surface area contributed by atoms with E-state index in [4.69, 9.17) is 21.7 Å². The van der Waals surface area contributed by atoms with Crippen molar-refractivity contribution < 1.29 is 19.1 Å². The highest BCUT2D eigenvalue weighted by Gasteiger charge is 2.13. The van der Waals surface area contributed by atoms with Gasteiger partial charge in [0.2, 0.25) is 0 Å². The van der Waals surface area contributed by atoms with Gasteiger partial charge in [-0.05, 0) is 55.0 Å². The molecule has 0 unspecified atom stereocenters. The highest BCUT2D eigenvalue weighted by Crippen LogP contribution is 2.17. The van der Waals surface area contributed by atoms with Crippen LogP contribution in [0.5, 0.6) is 11.5 Å². The number of hydrogen-bond acceptors (Lipinski definition) is 5. The van der Waals surface area contributed by atoms with E-state index >= 15 is 0 Å². The van der Waals surface area contributed by atoms with E-state index in [0.717, 1.165) is 6.42 Å². The molecule has 0 aromatic heterocycles. The van der Waals surface area contributed by atoms with Crippen molar-refractivity contribution in [2.75, 3.05) is 13.2 Å². The molecule has 0 aliphatic carbocycles. The lowest BCUT2D eigenvalue weighted by Gasteiger charge is -2.13. The number of hydrazine groups is 1. The minimum Gasteiger partial charge on any atom is -0.494 e. The minimum atomic E-state index is -0.460. The number of amides is 2. The summed E-state index contributed by atoms with van der Waals surface area (Å²) in [5.41, 5.74) is 5.67. The van der Waals surface area contributed by atoms with Crippen LogP contribution in [0.4, 0.5) is 0 Å². The van der Waals surface area contributed by atoms with Crippen LogP contribution in [-0.4, -0.2) is 30.1 Å². The Kier molecular flexibility index (Phi) is 8.65. The number of thiocarbonyl (C=S) groups is 1. The Hall–Kier alpha value is -3.39. The van der Waals surface area contributed by atoms with Gasteiger partial charge in [-0.15, -0.1) is 0 Å². The van der Waals surface area contributed by atoms with Crippen LogP contribution in [0.15, 0.2) is 61.2 Å². The van der Waals surface area contributed by atoms with Gasteiger partial charge in [-0.2, -0.15) is 0 Å². The zero-order valence-electron chi connectivity index (χ0n) is 16.1. The first kappa shape index (κ1) is 21.9. The number of para-hydroxylation sites is 1. The van der Waals surface area contributed by atoms with Gasteiger partial charge in [0.25, 0.3) is 11.8 Å². The monoisotopic (exact) mass is 413 g/mol. The fourth-order valence-electron chi connectivity index (χ4n) is 2.24. The predicted octanol–water partition coefficient (Wildman–Crippen LogP) is 2.99. The Bertz CT molecular complexity index is 868. The Morgan fingerprint density at radius 1 is 1.03 bits per heavy atom. The summed E-state index contributed by atoms with van der Waals surface area (Å²) in [6.45, 7) is 6.48. The van der Waals surface area contributed by atoms with Gasteiger partial charge in [-0.25, -0.2) is 0 Å². The van der Waals surface area contributed by atoms with Crippen molar-refractivity contribution in [3.05, 3.63) is 72.3 Å². The van der Waals surface area contributed by atoms with Gasteiger partial charge in [0.05, 0.1) is 12.2 Å². The van der Waals surface area contributed by atoms with Crippen LogP contribution in [-0.2, 0) is 0 Å². The van der Waals surface area contributed by atoms with E-state index in [-0.39, 0.29) is 11.7 Å². The number of hydrogen-bond donors (Lipinski definition) is 3. The van der Waals surface area contributed by atoms with E-state index in [2.05, 4.69) is 22.7 Å². The van der Waals surface area contributed by atoms with Crippen molar-refractivity contribution >= 4 is 29.1 Å². The van der Waals surface area contributed by atoms with E-state index in [9.17, 15) is 9.59 Å². The molecule has 8 heteroatoms. The first-order valence-corrected chi connectivity index (χ1v) is 9.43. The molecule has 29 heavy (non-hydrogen) atoms. The molecule has 2 aromatic carbocycles. The lowest BCUT2D eigenvalue weighted by molar-refractivity contribution is 0.0931. The molecule has 152 valence electrons. The molecule has 2 rings (SSSR count). The van der Waals surface area contributed by atoms with Crippen LogP contribution < -0.4 is 25.6 Å². The average Bonchev–Trinajstić information content (AvgIpc) is 2.75. The van der Waals surface area contributed by atoms with Crippen LogP contribution in [0.1, 0.15) is 34.1 Å². The van der Waals surface area contributed by atoms with Gasteiger partial charge in [0.15, 0.2) is 5.11 Å². The molecule has 7 nitrogen and oxygen atoms in total. The average molecular weight is 413 g/mol. The second-order valence-corrected chi connectivity index (χ2v) is 6.24. The number of carbonyl (C=O) groups excluding carboxylic acids is 2. The van der Waals surface area contributed by atoms with E-state index < -0.39 is 11.8 Å². The van der Waals surface area contributed by atoms with Crippen molar-refractivity contribution in [2.24, 2.45) is 0 Å². The van der Waals surface area contributed by atoms with E-state index in [1.54, 1.807) is 54.6 Å². The fraction of sp³-hybridized carbons (Fsp3) is 0.190. The third-order valence-electron chi connectivity index (χ3n) is 3.59. The lowest BCUT2D eigenvalue weighted by Crippen LogP contribution is -2.48. The third kappa shape index (κ3) is 6.93. The molecular weight excluding hydrogens is 390 g/mol. The van der Waals surface area contributed by atoms with Gasteiger partial charge in [-0.1, -0.05) is 31.7 Å². The van der Waals surface area contributed by atoms with Crippen LogP contribution in [0, 0.1) is 0 Å². The molecule has 0 atom stereocenters. The molecule has 0 radical (unpaired) electrons. The molecule has 0 aliphatic rings. The van der Waals surface area contributed by atoms with Gasteiger partial charge in [0, 0.05) is 5.56 Å². The molecule has 2 aromatic rings. The van der Waals surface area contributed by atoms with Crippen molar-refractivity contribution in [3.8, 4) is 11.5 Å². The smallest absolute Gasteiger partial charge is 0.273 e. The maximum absolute atomic E-state index is 12.3. The fourth-order valence-corrected chi connectivity index (χ4v) is 2.38. The first-order chi connectivity index (χ1) is 14.0. The van der Waals surface area contributed by atoms with Crippen LogP contribution >= 0.6 is 12.2 Å². The van der Waals surface area contributed by atoms with E-state index in [1.165, 1.54) is 0 Å². The molecule has 0 aliphatic heterocycles. The molecule has 2 amide bonds. The van der Waals surface area contributed by atoms with E-state index in [0.29, 0.717) is 29.2 Å². The minimum absolute atomic E-state index is 0.0425. The van der Waals surface area contributed by atoms with Crippen molar-refractivity contribution in [1.29, 1.82) is 0 Å². The Labute approximate surface area is 175 Å². The summed E-state index contributed by atoms with van der Waals surface area (Å²) in [4.78, 5) is 24.6. The Morgan fingerprint density at radius 3 is 2.45 bits per heavy atom. The van der Waals surface area contributed by atoms with Crippen molar-refractivity contribution in [2.45, 2.75) is 13.3 Å². The summed E-state index contributed by atoms with van der Waals surface area (Å²) in [6.07, 6.45) is 2.48. The van der Waals surface area contributed by atoms with Crippen molar-refractivity contribution in [1.82, 2.24) is 16.2 Å². The van der Waals surface area contributed by atoms with Crippen LogP contribution in [0.3, 0.4) is 0 Å². The summed E-state index contributed by atoms with van der Waals surface area (Å²) in [6, 6.07) is 13.4. The van der Waals surface area contributed by atoms with Gasteiger partial charge in [0.1, 0.15) is 18.1 Å². The van der Waals surface area contributed by atoms with Crippen LogP contribution in [0.25, 0.3) is 0 Å². The summed E-state index contributed by atoms with van der Waals surface area (Å²) in [5.74, 6) is 0.230. The molecule has 0 spiro atoms. The molecular formula is C21H23N3O4S. The molecule has 0 fully saturated rings. The van der Waals surface area contributed by atoms with E-state index in [1.807, 2.05) is 6.92 Å². The predicted molar refractivity (Wildman–Crippen MR) is 115 cm³/mol. The number of benzene rings is 2. The van der Waals surface area contributed by atoms with Crippen LogP contribution in [0.2, 0.25) is 0 Å². The summed E-state index contributed by atoms with van der Waals surface area (Å²) in [7, 11) is 0. The summed E-state index contributed by atoms with van der Waals surface area (Å²) < 4.78 is 10.9. The number of ether oxygens (including phenoxy) is 2. The molecule has 0 saturated heterocycles. The maximum atomic E-state index is 12.3. The first-order valence-electron chi connectivity index (χ1n) is 9.02. The highest BCUT2D eigenvalue weighted by atomic mass is 32.1. The zero-order chi connectivity index (χ0) is 21.1. The van der Waals surface area contributed by atoms with Gasteiger partial charge >= 0.3 is 0 Å². The zero-order valence-corrected chi connectivity index (χ0v) is 16.9. The number of nitrogens with one attached hydrogen (secondary N) is 3. The molecule has 0 heterocycles. The summed E-state index contributed by atoms with van der Waals surface area (Å²) in [5, 5.41) is 2.45. The summed E-state index contributed by atoms with van der Waals surface area (Å²) >= 11 is 5.06. The quantitative estimate of drug-likeness (QED) is 0.350. The highest BCUT2D eigenvalue weighted by molar-refractivity contribution is 7.80. The Morgan fingerprint density at radius 2 is 1.76 bits per heavy atom.